The standard InChI is InChI=1S/C30H34N2O10/c1-15(2)6-7-16-12-18(9-11-21(16)33)26(35)32-20-13-17-8-10-19(14-22(17)40-27(20)36)39-28-23(34)24(41-29(31)37)25(38-5)30(3,4)42-28/h6,8-14,23-25,28,33-34H,7H2,1-5H3,(H2,31,37)(H,32,35)/t23-,24-,25+,28?/m0/s1. The van der Waals surface area contributed by atoms with Crippen LogP contribution < -0.4 is 21.4 Å². The van der Waals surface area contributed by atoms with Gasteiger partial charge in [-0.05, 0) is 76.1 Å². The Balaban J connectivity index is 1.54. The molecule has 0 bridgehead atoms. The highest BCUT2D eigenvalue weighted by atomic mass is 16.7. The summed E-state index contributed by atoms with van der Waals surface area (Å²) in [5, 5.41) is 24.0. The first kappa shape index (κ1) is 30.6. The topological polar surface area (TPSA) is 180 Å². The van der Waals surface area contributed by atoms with Crippen LogP contribution >= 0.6 is 0 Å². The van der Waals surface area contributed by atoms with Crippen molar-refractivity contribution in [2.75, 3.05) is 12.4 Å². The fourth-order valence-corrected chi connectivity index (χ4v) is 4.73. The third-order valence-electron chi connectivity index (χ3n) is 6.80. The maximum atomic E-state index is 12.9. The molecule has 12 heteroatoms. The number of rotatable bonds is 8. The lowest BCUT2D eigenvalue weighted by atomic mass is 9.89. The first-order valence-electron chi connectivity index (χ1n) is 13.1. The molecule has 2 aromatic carbocycles. The second kappa shape index (κ2) is 12.2. The summed E-state index contributed by atoms with van der Waals surface area (Å²) in [7, 11) is 1.39. The van der Waals surface area contributed by atoms with Gasteiger partial charge in [-0.15, -0.1) is 0 Å². The van der Waals surface area contributed by atoms with Crippen LogP contribution in [0.1, 0.15) is 43.6 Å². The van der Waals surface area contributed by atoms with Crippen LogP contribution in [0.2, 0.25) is 0 Å². The number of fused-ring (bicyclic) bond motifs is 1. The Labute approximate surface area is 241 Å². The van der Waals surface area contributed by atoms with Gasteiger partial charge in [0, 0.05) is 24.1 Å². The number of amides is 2. The van der Waals surface area contributed by atoms with Crippen molar-refractivity contribution in [1.82, 2.24) is 0 Å². The maximum Gasteiger partial charge on any atom is 0.404 e. The van der Waals surface area contributed by atoms with Gasteiger partial charge in [-0.1, -0.05) is 11.6 Å². The van der Waals surface area contributed by atoms with E-state index in [2.05, 4.69) is 5.32 Å². The number of carbonyl (C=O) groups is 2. The molecule has 2 amide bonds. The first-order chi connectivity index (χ1) is 19.8. The number of aliphatic hydroxyl groups excluding tert-OH is 1. The van der Waals surface area contributed by atoms with Gasteiger partial charge in [-0.3, -0.25) is 4.79 Å². The molecule has 0 radical (unpaired) electrons. The minimum atomic E-state index is -1.46. The predicted octanol–water partition coefficient (Wildman–Crippen LogP) is 3.61. The second-order valence-electron chi connectivity index (χ2n) is 10.7. The number of aliphatic hydroxyl groups is 1. The monoisotopic (exact) mass is 582 g/mol. The van der Waals surface area contributed by atoms with E-state index >= 15 is 0 Å². The number of nitrogens with one attached hydrogen (secondary N) is 1. The fourth-order valence-electron chi connectivity index (χ4n) is 4.73. The maximum absolute atomic E-state index is 12.9. The summed E-state index contributed by atoms with van der Waals surface area (Å²) in [6.45, 7) is 7.23. The summed E-state index contributed by atoms with van der Waals surface area (Å²) in [5.74, 6) is -0.298. The molecular weight excluding hydrogens is 548 g/mol. The number of benzene rings is 2. The molecule has 5 N–H and O–H groups in total. The molecule has 4 rings (SSSR count). The van der Waals surface area contributed by atoms with Gasteiger partial charge in [0.2, 0.25) is 6.29 Å². The number of primary amides is 1. The number of ether oxygens (including phenoxy) is 4. The van der Waals surface area contributed by atoms with Gasteiger partial charge in [0.05, 0.1) is 5.60 Å². The van der Waals surface area contributed by atoms with Crippen LogP contribution in [-0.2, 0) is 20.6 Å². The van der Waals surface area contributed by atoms with E-state index in [0.717, 1.165) is 5.57 Å². The van der Waals surface area contributed by atoms with Crippen molar-refractivity contribution in [2.24, 2.45) is 5.73 Å². The third kappa shape index (κ3) is 6.73. The van der Waals surface area contributed by atoms with Crippen LogP contribution in [0.15, 0.2) is 63.3 Å². The molecule has 1 aromatic heterocycles. The SMILES string of the molecule is CO[C@@H]1[C@@H](OC(N)=O)[C@H](O)C(Oc2ccc3cc(NC(=O)c4ccc(O)c(CC=C(C)C)c4)c(=O)oc3c2)OC1(C)C. The molecule has 1 unspecified atom stereocenters. The number of hydrogen-bond donors (Lipinski definition) is 4. The molecule has 1 aliphatic rings. The Kier molecular flexibility index (Phi) is 8.90. The zero-order chi connectivity index (χ0) is 30.8. The Morgan fingerprint density at radius 1 is 1.14 bits per heavy atom. The van der Waals surface area contributed by atoms with Gasteiger partial charge in [-0.25, -0.2) is 9.59 Å². The molecule has 0 saturated carbocycles. The van der Waals surface area contributed by atoms with Crippen LogP contribution in [-0.4, -0.2) is 59.5 Å². The van der Waals surface area contributed by atoms with E-state index < -0.39 is 47.8 Å². The van der Waals surface area contributed by atoms with E-state index in [0.29, 0.717) is 17.4 Å². The number of carbonyl (C=O) groups excluding carboxylic acids is 2. The summed E-state index contributed by atoms with van der Waals surface area (Å²) in [5.41, 5.74) is 5.31. The molecule has 1 aliphatic heterocycles. The van der Waals surface area contributed by atoms with E-state index in [9.17, 15) is 24.6 Å². The smallest absolute Gasteiger partial charge is 0.404 e. The van der Waals surface area contributed by atoms with E-state index in [-0.39, 0.29) is 28.3 Å². The summed E-state index contributed by atoms with van der Waals surface area (Å²) in [6.07, 6.45) is -3.48. The van der Waals surface area contributed by atoms with Crippen molar-refractivity contribution in [3.8, 4) is 11.5 Å². The number of aromatic hydroxyl groups is 1. The van der Waals surface area contributed by atoms with Crippen molar-refractivity contribution in [3.05, 3.63) is 75.7 Å². The molecule has 4 atom stereocenters. The molecule has 42 heavy (non-hydrogen) atoms. The van der Waals surface area contributed by atoms with Gasteiger partial charge in [-0.2, -0.15) is 0 Å². The highest BCUT2D eigenvalue weighted by Crippen LogP contribution is 2.35. The largest absolute Gasteiger partial charge is 0.508 e. The Bertz CT molecular complexity index is 1570. The van der Waals surface area contributed by atoms with Crippen molar-refractivity contribution in [1.29, 1.82) is 0 Å². The molecule has 1 fully saturated rings. The van der Waals surface area contributed by atoms with Crippen LogP contribution in [0.5, 0.6) is 11.5 Å². The average Bonchev–Trinajstić information content (AvgIpc) is 2.91. The number of nitrogens with two attached hydrogens (primary N) is 1. The van der Waals surface area contributed by atoms with Crippen LogP contribution in [0.25, 0.3) is 11.0 Å². The molecule has 1 saturated heterocycles. The molecule has 12 nitrogen and oxygen atoms in total. The second-order valence-corrected chi connectivity index (χ2v) is 10.7. The quantitative estimate of drug-likeness (QED) is 0.226. The minimum Gasteiger partial charge on any atom is -0.508 e. The zero-order valence-electron chi connectivity index (χ0n) is 23.9. The van der Waals surface area contributed by atoms with Crippen molar-refractivity contribution < 1.29 is 43.2 Å². The Morgan fingerprint density at radius 3 is 2.55 bits per heavy atom. The van der Waals surface area contributed by atoms with Gasteiger partial charge < -0.3 is 44.6 Å². The molecule has 224 valence electrons. The summed E-state index contributed by atoms with van der Waals surface area (Å²) in [4.78, 5) is 37.1. The van der Waals surface area contributed by atoms with Crippen LogP contribution in [0, 0.1) is 0 Å². The first-order valence-corrected chi connectivity index (χ1v) is 13.1. The van der Waals surface area contributed by atoms with Gasteiger partial charge in [0.1, 0.15) is 28.9 Å². The van der Waals surface area contributed by atoms with Crippen LogP contribution in [0.4, 0.5) is 10.5 Å². The van der Waals surface area contributed by atoms with Gasteiger partial charge in [0.15, 0.2) is 12.2 Å². The zero-order valence-corrected chi connectivity index (χ0v) is 23.9. The Morgan fingerprint density at radius 2 is 1.88 bits per heavy atom. The highest BCUT2D eigenvalue weighted by Gasteiger charge is 2.53. The van der Waals surface area contributed by atoms with E-state index in [1.807, 2.05) is 19.9 Å². The summed E-state index contributed by atoms with van der Waals surface area (Å²) in [6, 6.07) is 10.5. The summed E-state index contributed by atoms with van der Waals surface area (Å²) < 4.78 is 27.7. The van der Waals surface area contributed by atoms with Crippen molar-refractivity contribution >= 4 is 28.7 Å². The number of anilines is 1. The van der Waals surface area contributed by atoms with Crippen LogP contribution in [0.3, 0.4) is 0 Å². The molecular formula is C30H34N2O10. The Hall–Kier alpha value is -4.39. The normalized spacial score (nSPS) is 21.4. The van der Waals surface area contributed by atoms with E-state index in [1.165, 1.54) is 31.4 Å². The van der Waals surface area contributed by atoms with Crippen molar-refractivity contribution in [2.45, 2.75) is 64.3 Å². The number of allylic oxidation sites excluding steroid dienone is 2. The lowest BCUT2D eigenvalue weighted by molar-refractivity contribution is -0.304. The number of phenols is 1. The molecule has 0 spiro atoms. The molecule has 0 aliphatic carbocycles. The molecule has 2 heterocycles. The molecule has 3 aromatic rings. The minimum absolute atomic E-state index is 0.0661. The fraction of sp³-hybridized carbons (Fsp3) is 0.367. The highest BCUT2D eigenvalue weighted by molar-refractivity contribution is 6.05. The predicted molar refractivity (Wildman–Crippen MR) is 153 cm³/mol. The van der Waals surface area contributed by atoms with Gasteiger partial charge >= 0.3 is 11.7 Å². The average molecular weight is 583 g/mol. The lowest BCUT2D eigenvalue weighted by Crippen LogP contribution is -2.65. The van der Waals surface area contributed by atoms with E-state index in [4.69, 9.17) is 29.1 Å². The number of phenolic OH excluding ortho intramolecular Hbond substituents is 1. The summed E-state index contributed by atoms with van der Waals surface area (Å²) >= 11 is 0. The number of methoxy groups -OCH3 is 1. The third-order valence-corrected chi connectivity index (χ3v) is 6.80. The van der Waals surface area contributed by atoms with E-state index in [1.54, 1.807) is 32.0 Å². The lowest BCUT2D eigenvalue weighted by Gasteiger charge is -2.47. The number of hydrogen-bond acceptors (Lipinski definition) is 10. The van der Waals surface area contributed by atoms with Crippen molar-refractivity contribution in [3.63, 3.8) is 0 Å². The van der Waals surface area contributed by atoms with Gasteiger partial charge in [0.25, 0.3) is 5.91 Å².